The number of benzene rings is 3. The molecule has 0 bridgehead atoms. The summed E-state index contributed by atoms with van der Waals surface area (Å²) in [4.78, 5) is 29.7. The minimum Gasteiger partial charge on any atom is -0.349 e. The van der Waals surface area contributed by atoms with Crippen molar-refractivity contribution >= 4 is 28.3 Å². The third kappa shape index (κ3) is 4.80. The minimum absolute atomic E-state index is 0.143. The first-order valence-corrected chi connectivity index (χ1v) is 13.5. The molecule has 1 fully saturated rings. The maximum atomic E-state index is 13.8. The van der Waals surface area contributed by atoms with Gasteiger partial charge in [-0.3, -0.25) is 9.59 Å². The Morgan fingerprint density at radius 1 is 0.943 bits per heavy atom. The standard InChI is InChI=1S/C29H30N2O3S/c1-20-10-6-7-11-22(20)19-31-25-18-21(28(32)30-23-12-4-2-3-5-13-23)16-17-27(25)35(34)26-15-9-8-14-24(26)29(31)33/h6-11,14-18,23H,2-5,12-13,19H2,1H3,(H,30,32)/t35-/m0/s1. The molecule has 6 heteroatoms. The quantitative estimate of drug-likeness (QED) is 0.476. The van der Waals surface area contributed by atoms with Crippen molar-refractivity contribution in [1.29, 1.82) is 0 Å². The van der Waals surface area contributed by atoms with Gasteiger partial charge in [0.2, 0.25) is 0 Å². The van der Waals surface area contributed by atoms with E-state index in [1.807, 2.05) is 31.2 Å². The number of carbonyl (C=O) groups excluding carboxylic acids is 2. The highest BCUT2D eigenvalue weighted by atomic mass is 32.2. The van der Waals surface area contributed by atoms with Crippen LogP contribution in [0.3, 0.4) is 0 Å². The molecule has 1 aliphatic carbocycles. The maximum absolute atomic E-state index is 13.8. The van der Waals surface area contributed by atoms with Gasteiger partial charge < -0.3 is 10.2 Å². The molecule has 35 heavy (non-hydrogen) atoms. The topological polar surface area (TPSA) is 66.5 Å². The zero-order valence-electron chi connectivity index (χ0n) is 20.0. The Labute approximate surface area is 209 Å². The summed E-state index contributed by atoms with van der Waals surface area (Å²) in [5, 5.41) is 3.19. The lowest BCUT2D eigenvalue weighted by Gasteiger charge is -2.24. The predicted octanol–water partition coefficient (Wildman–Crippen LogP) is 5.77. The van der Waals surface area contributed by atoms with Crippen LogP contribution in [-0.2, 0) is 17.3 Å². The number of carbonyl (C=O) groups is 2. The first-order valence-electron chi connectivity index (χ1n) is 12.3. The molecule has 3 aromatic rings. The largest absolute Gasteiger partial charge is 0.349 e. The van der Waals surface area contributed by atoms with Gasteiger partial charge in [0.25, 0.3) is 11.8 Å². The van der Waals surface area contributed by atoms with Gasteiger partial charge in [-0.2, -0.15) is 0 Å². The van der Waals surface area contributed by atoms with E-state index in [9.17, 15) is 13.8 Å². The lowest BCUT2D eigenvalue weighted by Crippen LogP contribution is -2.35. The SMILES string of the molecule is Cc1ccccc1CN1C(=O)c2ccccc2[S@](=O)c2ccc(C(=O)NC3CCCCCC3)cc21. The van der Waals surface area contributed by atoms with Crippen LogP contribution in [0.25, 0.3) is 0 Å². The van der Waals surface area contributed by atoms with Crippen LogP contribution in [0.4, 0.5) is 5.69 Å². The number of amides is 2. The summed E-state index contributed by atoms with van der Waals surface area (Å²) >= 11 is 0. The third-order valence-electron chi connectivity index (χ3n) is 7.05. The molecule has 5 rings (SSSR count). The Morgan fingerprint density at radius 2 is 1.66 bits per heavy atom. The third-order valence-corrected chi connectivity index (χ3v) is 8.55. The molecule has 1 aliphatic heterocycles. The average molecular weight is 487 g/mol. The number of anilines is 1. The second kappa shape index (κ2) is 10.2. The number of hydrogen-bond acceptors (Lipinski definition) is 3. The number of rotatable bonds is 4. The van der Waals surface area contributed by atoms with E-state index in [4.69, 9.17) is 0 Å². The molecular formula is C29H30N2O3S. The molecule has 1 saturated carbocycles. The number of nitrogens with one attached hydrogen (secondary N) is 1. The highest BCUT2D eigenvalue weighted by Crippen LogP contribution is 2.36. The fourth-order valence-corrected chi connectivity index (χ4v) is 6.36. The van der Waals surface area contributed by atoms with Gasteiger partial charge in [0.15, 0.2) is 0 Å². The molecule has 0 radical (unpaired) electrons. The summed E-state index contributed by atoms with van der Waals surface area (Å²) in [7, 11) is -1.54. The molecule has 2 amide bonds. The van der Waals surface area contributed by atoms with Crippen molar-refractivity contribution in [3.05, 3.63) is 89.0 Å². The van der Waals surface area contributed by atoms with E-state index in [0.29, 0.717) is 33.2 Å². The van der Waals surface area contributed by atoms with E-state index >= 15 is 0 Å². The fourth-order valence-electron chi connectivity index (χ4n) is 5.01. The van der Waals surface area contributed by atoms with Crippen LogP contribution in [0, 0.1) is 6.92 Å². The average Bonchev–Trinajstić information content (AvgIpc) is 3.19. The van der Waals surface area contributed by atoms with Crippen molar-refractivity contribution in [3.8, 4) is 0 Å². The molecule has 0 saturated heterocycles. The number of fused-ring (bicyclic) bond motifs is 2. The van der Waals surface area contributed by atoms with Crippen molar-refractivity contribution in [2.45, 2.75) is 67.8 Å². The minimum atomic E-state index is -1.54. The normalized spacial score (nSPS) is 18.3. The molecule has 5 nitrogen and oxygen atoms in total. The van der Waals surface area contributed by atoms with Gasteiger partial charge in [0.05, 0.1) is 38.4 Å². The van der Waals surface area contributed by atoms with Crippen LogP contribution in [0.5, 0.6) is 0 Å². The van der Waals surface area contributed by atoms with Crippen LogP contribution in [0.15, 0.2) is 76.5 Å². The number of hydrogen-bond donors (Lipinski definition) is 1. The molecular weight excluding hydrogens is 456 g/mol. The monoisotopic (exact) mass is 486 g/mol. The van der Waals surface area contributed by atoms with Gasteiger partial charge in [0, 0.05) is 11.6 Å². The molecule has 180 valence electrons. The lowest BCUT2D eigenvalue weighted by atomic mass is 10.1. The highest BCUT2D eigenvalue weighted by molar-refractivity contribution is 7.85. The highest BCUT2D eigenvalue weighted by Gasteiger charge is 2.32. The van der Waals surface area contributed by atoms with E-state index in [1.54, 1.807) is 47.4 Å². The Bertz CT molecular complexity index is 1290. The summed E-state index contributed by atoms with van der Waals surface area (Å²) in [6.07, 6.45) is 6.68. The van der Waals surface area contributed by atoms with E-state index in [2.05, 4.69) is 5.32 Å². The molecule has 0 aromatic heterocycles. The Kier molecular flexibility index (Phi) is 6.82. The summed E-state index contributed by atoms with van der Waals surface area (Å²) < 4.78 is 13.6. The maximum Gasteiger partial charge on any atom is 0.259 e. The van der Waals surface area contributed by atoms with Crippen LogP contribution < -0.4 is 10.2 Å². The summed E-state index contributed by atoms with van der Waals surface area (Å²) in [6, 6.07) is 20.4. The lowest BCUT2D eigenvalue weighted by molar-refractivity contribution is 0.0931. The second-order valence-electron chi connectivity index (χ2n) is 9.43. The molecule has 1 N–H and O–H groups in total. The molecule has 1 heterocycles. The number of nitrogens with zero attached hydrogens (tertiary/aromatic N) is 1. The Balaban J connectivity index is 1.56. The first-order chi connectivity index (χ1) is 17.0. The summed E-state index contributed by atoms with van der Waals surface area (Å²) in [5.41, 5.74) is 3.52. The zero-order valence-corrected chi connectivity index (χ0v) is 20.8. The molecule has 3 aromatic carbocycles. The van der Waals surface area contributed by atoms with Crippen molar-refractivity contribution in [2.75, 3.05) is 4.90 Å². The van der Waals surface area contributed by atoms with Gasteiger partial charge in [-0.05, 0) is 61.2 Å². The van der Waals surface area contributed by atoms with Crippen molar-refractivity contribution < 1.29 is 13.8 Å². The molecule has 0 unspecified atom stereocenters. The van der Waals surface area contributed by atoms with Gasteiger partial charge in [-0.1, -0.05) is 62.1 Å². The van der Waals surface area contributed by atoms with Crippen LogP contribution in [0.2, 0.25) is 0 Å². The second-order valence-corrected chi connectivity index (χ2v) is 10.8. The van der Waals surface area contributed by atoms with Gasteiger partial charge in [-0.25, -0.2) is 4.21 Å². The van der Waals surface area contributed by atoms with Crippen LogP contribution >= 0.6 is 0 Å². The molecule has 1 atom stereocenters. The van der Waals surface area contributed by atoms with Crippen molar-refractivity contribution in [2.24, 2.45) is 0 Å². The first kappa shape index (κ1) is 23.5. The van der Waals surface area contributed by atoms with Crippen molar-refractivity contribution in [3.63, 3.8) is 0 Å². The Hall–Kier alpha value is -3.25. The summed E-state index contributed by atoms with van der Waals surface area (Å²) in [6.45, 7) is 2.35. The van der Waals surface area contributed by atoms with Gasteiger partial charge in [-0.15, -0.1) is 0 Å². The van der Waals surface area contributed by atoms with E-state index < -0.39 is 10.8 Å². The van der Waals surface area contributed by atoms with Crippen LogP contribution in [-0.4, -0.2) is 22.1 Å². The smallest absolute Gasteiger partial charge is 0.259 e. The predicted molar refractivity (Wildman–Crippen MR) is 138 cm³/mol. The van der Waals surface area contributed by atoms with E-state index in [-0.39, 0.29) is 17.9 Å². The van der Waals surface area contributed by atoms with Crippen molar-refractivity contribution in [1.82, 2.24) is 5.32 Å². The molecule has 2 aliphatic rings. The van der Waals surface area contributed by atoms with Gasteiger partial charge >= 0.3 is 0 Å². The molecule has 0 spiro atoms. The van der Waals surface area contributed by atoms with E-state index in [0.717, 1.165) is 36.8 Å². The number of aryl methyl sites for hydroxylation is 1. The Morgan fingerprint density at radius 3 is 2.43 bits per heavy atom. The zero-order chi connectivity index (χ0) is 24.4. The van der Waals surface area contributed by atoms with E-state index in [1.165, 1.54) is 12.8 Å². The summed E-state index contributed by atoms with van der Waals surface area (Å²) in [5.74, 6) is -0.354. The van der Waals surface area contributed by atoms with Gasteiger partial charge in [0.1, 0.15) is 0 Å². The fraction of sp³-hybridized carbons (Fsp3) is 0.310. The van der Waals surface area contributed by atoms with Crippen LogP contribution in [0.1, 0.15) is 70.4 Å².